The zero-order valence-corrected chi connectivity index (χ0v) is 22.8. The second kappa shape index (κ2) is 13.2. The number of anilines is 1. The molecule has 15 heteroatoms. The summed E-state index contributed by atoms with van der Waals surface area (Å²) in [5.74, 6) is -1.23. The fourth-order valence-electron chi connectivity index (χ4n) is 3.76. The van der Waals surface area contributed by atoms with Crippen LogP contribution in [0.25, 0.3) is 22.4 Å². The smallest absolute Gasteiger partial charge is 0.412 e. The van der Waals surface area contributed by atoms with Gasteiger partial charge in [-0.25, -0.2) is 29.3 Å². The number of nitrogens with zero attached hydrogens (tertiary/aromatic N) is 4. The van der Waals surface area contributed by atoms with Crippen molar-refractivity contribution in [2.45, 2.75) is 27.4 Å². The zero-order chi connectivity index (χ0) is 30.2. The number of rotatable bonds is 11. The van der Waals surface area contributed by atoms with E-state index in [2.05, 4.69) is 25.3 Å². The summed E-state index contributed by atoms with van der Waals surface area (Å²) >= 11 is 0. The van der Waals surface area contributed by atoms with E-state index in [1.807, 2.05) is 0 Å². The number of benzene rings is 2. The molecule has 4 rings (SSSR count). The van der Waals surface area contributed by atoms with Crippen molar-refractivity contribution >= 4 is 40.4 Å². The van der Waals surface area contributed by atoms with Crippen LogP contribution in [0, 0.1) is 10.1 Å². The van der Waals surface area contributed by atoms with Crippen LogP contribution in [0.1, 0.15) is 47.3 Å². The van der Waals surface area contributed by atoms with Crippen LogP contribution in [-0.2, 0) is 20.8 Å². The van der Waals surface area contributed by atoms with Gasteiger partial charge < -0.3 is 23.9 Å². The fraction of sp³-hybridized carbons (Fsp3) is 0.259. The Morgan fingerprint density at radius 2 is 1.60 bits per heavy atom. The fourth-order valence-corrected chi connectivity index (χ4v) is 3.76. The highest BCUT2D eigenvalue weighted by atomic mass is 16.6. The lowest BCUT2D eigenvalue weighted by atomic mass is 10.1. The second-order valence-electron chi connectivity index (χ2n) is 8.39. The largest absolute Gasteiger partial charge is 0.476 e. The third-order valence-corrected chi connectivity index (χ3v) is 5.58. The first-order chi connectivity index (χ1) is 20.2. The summed E-state index contributed by atoms with van der Waals surface area (Å²) in [5.41, 5.74) is 0.873. The Morgan fingerprint density at radius 3 is 2.26 bits per heavy atom. The Labute approximate surface area is 238 Å². The van der Waals surface area contributed by atoms with Gasteiger partial charge in [0.15, 0.2) is 0 Å². The van der Waals surface area contributed by atoms with Gasteiger partial charge >= 0.3 is 18.0 Å². The van der Waals surface area contributed by atoms with E-state index in [9.17, 15) is 24.5 Å². The first kappa shape index (κ1) is 29.4. The summed E-state index contributed by atoms with van der Waals surface area (Å²) in [6.07, 6.45) is 0.644. The number of imidazole rings is 1. The van der Waals surface area contributed by atoms with Crippen LogP contribution in [0.3, 0.4) is 0 Å². The molecule has 0 bridgehead atoms. The number of aromatic nitrogens is 4. The summed E-state index contributed by atoms with van der Waals surface area (Å²) in [5, 5.41) is 14.4. The first-order valence-electron chi connectivity index (χ1n) is 12.8. The molecule has 0 aliphatic heterocycles. The summed E-state index contributed by atoms with van der Waals surface area (Å²) in [6.45, 7) is 5.31. The van der Waals surface area contributed by atoms with E-state index in [4.69, 9.17) is 18.9 Å². The predicted octanol–water partition coefficient (Wildman–Crippen LogP) is 4.43. The summed E-state index contributed by atoms with van der Waals surface area (Å²) in [6, 6.07) is 8.62. The van der Waals surface area contributed by atoms with Crippen LogP contribution < -0.4 is 10.1 Å². The Balaban J connectivity index is 1.52. The lowest BCUT2D eigenvalue weighted by Crippen LogP contribution is -2.14. The van der Waals surface area contributed by atoms with E-state index in [0.717, 1.165) is 0 Å². The Bertz CT molecular complexity index is 1640. The van der Waals surface area contributed by atoms with Crippen molar-refractivity contribution in [3.63, 3.8) is 0 Å². The Morgan fingerprint density at radius 1 is 0.905 bits per heavy atom. The standard InChI is InChI=1S/C27H26N6O9/c1-4-39-24-22(26(35)41-6-3)31-19-11-18(21(33(37)38)12-20(19)32-24)23-28-13-17(29-23)14-42-27(36)30-16-9-7-15(8-10-16)25(34)40-5-2/h7-13H,4-6,14H2,1-3H3,(H,28,29)(H,30,36). The van der Waals surface area contributed by atoms with Crippen molar-refractivity contribution in [1.82, 2.24) is 19.9 Å². The van der Waals surface area contributed by atoms with E-state index >= 15 is 0 Å². The van der Waals surface area contributed by atoms with E-state index in [-0.39, 0.29) is 71.8 Å². The topological polar surface area (TPSA) is 198 Å². The SMILES string of the molecule is CCOC(=O)c1ccc(NC(=O)OCc2c[nH]c(-c3cc4nc(C(=O)OCC)c(OCC)nc4cc3[N+](=O)[O-])n2)cc1. The number of esters is 2. The van der Waals surface area contributed by atoms with Crippen molar-refractivity contribution in [1.29, 1.82) is 0 Å². The van der Waals surface area contributed by atoms with Crippen LogP contribution >= 0.6 is 0 Å². The van der Waals surface area contributed by atoms with Gasteiger partial charge in [-0.2, -0.15) is 0 Å². The van der Waals surface area contributed by atoms with Crippen molar-refractivity contribution in [3.05, 3.63) is 69.7 Å². The molecule has 0 saturated carbocycles. The molecular formula is C27H26N6O9. The number of aromatic amines is 1. The third kappa shape index (κ3) is 6.75. The molecule has 2 aromatic heterocycles. The van der Waals surface area contributed by atoms with Crippen molar-refractivity contribution in [3.8, 4) is 17.3 Å². The summed E-state index contributed by atoms with van der Waals surface area (Å²) < 4.78 is 20.6. The van der Waals surface area contributed by atoms with Crippen LogP contribution in [0.2, 0.25) is 0 Å². The normalized spacial score (nSPS) is 10.6. The minimum atomic E-state index is -0.785. The number of ether oxygens (including phenoxy) is 4. The molecule has 42 heavy (non-hydrogen) atoms. The maximum Gasteiger partial charge on any atom is 0.412 e. The highest BCUT2D eigenvalue weighted by Crippen LogP contribution is 2.33. The van der Waals surface area contributed by atoms with Gasteiger partial charge in [0.1, 0.15) is 12.4 Å². The maximum atomic E-state index is 12.4. The van der Waals surface area contributed by atoms with Crippen LogP contribution in [-0.4, -0.2) is 62.7 Å². The van der Waals surface area contributed by atoms with Crippen molar-refractivity contribution in [2.75, 3.05) is 25.1 Å². The highest BCUT2D eigenvalue weighted by Gasteiger charge is 2.24. The number of nitro groups is 1. The van der Waals surface area contributed by atoms with Gasteiger partial charge in [-0.05, 0) is 51.1 Å². The van der Waals surface area contributed by atoms with Crippen molar-refractivity contribution in [2.24, 2.45) is 0 Å². The number of H-pyrrole nitrogens is 1. The summed E-state index contributed by atoms with van der Waals surface area (Å²) in [4.78, 5) is 63.4. The van der Waals surface area contributed by atoms with E-state index in [1.165, 1.54) is 42.6 Å². The number of nitrogens with one attached hydrogen (secondary N) is 2. The van der Waals surface area contributed by atoms with Crippen LogP contribution in [0.15, 0.2) is 42.6 Å². The Hall–Kier alpha value is -5.60. The number of carbonyl (C=O) groups is 3. The molecule has 0 saturated heterocycles. The van der Waals surface area contributed by atoms with Crippen LogP contribution in [0.5, 0.6) is 5.88 Å². The van der Waals surface area contributed by atoms with Crippen LogP contribution in [0.4, 0.5) is 16.2 Å². The molecule has 1 amide bonds. The van der Waals surface area contributed by atoms with E-state index in [1.54, 1.807) is 20.8 Å². The van der Waals surface area contributed by atoms with E-state index in [0.29, 0.717) is 11.3 Å². The summed E-state index contributed by atoms with van der Waals surface area (Å²) in [7, 11) is 0. The quantitative estimate of drug-likeness (QED) is 0.110. The lowest BCUT2D eigenvalue weighted by molar-refractivity contribution is -0.384. The molecule has 0 unspecified atom stereocenters. The number of nitro benzene ring substituents is 1. The molecule has 0 spiro atoms. The van der Waals surface area contributed by atoms with Gasteiger partial charge in [0.2, 0.25) is 11.6 Å². The molecule has 4 aromatic rings. The zero-order valence-electron chi connectivity index (χ0n) is 22.8. The van der Waals surface area contributed by atoms with Gasteiger partial charge in [0, 0.05) is 18.0 Å². The minimum absolute atomic E-state index is 0.0677. The monoisotopic (exact) mass is 578 g/mol. The molecule has 0 radical (unpaired) electrons. The van der Waals surface area contributed by atoms with Gasteiger partial charge in [0.05, 0.1) is 52.6 Å². The molecule has 15 nitrogen and oxygen atoms in total. The average Bonchev–Trinajstić information content (AvgIpc) is 3.45. The lowest BCUT2D eigenvalue weighted by Gasteiger charge is -2.10. The molecule has 0 fully saturated rings. The molecule has 218 valence electrons. The number of fused-ring (bicyclic) bond motifs is 1. The molecule has 2 N–H and O–H groups in total. The maximum absolute atomic E-state index is 12.4. The minimum Gasteiger partial charge on any atom is -0.476 e. The molecular weight excluding hydrogens is 552 g/mol. The Kier molecular flexibility index (Phi) is 9.21. The van der Waals surface area contributed by atoms with E-state index < -0.39 is 23.0 Å². The number of hydrogen-bond acceptors (Lipinski definition) is 12. The first-order valence-corrected chi connectivity index (χ1v) is 12.8. The molecule has 2 aromatic carbocycles. The van der Waals surface area contributed by atoms with Crippen molar-refractivity contribution < 1.29 is 38.3 Å². The molecule has 2 heterocycles. The number of hydrogen-bond donors (Lipinski definition) is 2. The van der Waals surface area contributed by atoms with Gasteiger partial charge in [-0.15, -0.1) is 0 Å². The molecule has 0 aliphatic rings. The predicted molar refractivity (Wildman–Crippen MR) is 147 cm³/mol. The molecule has 0 aliphatic carbocycles. The highest BCUT2D eigenvalue weighted by molar-refractivity contribution is 5.94. The number of carbonyl (C=O) groups excluding carboxylic acids is 3. The number of amides is 1. The second-order valence-corrected chi connectivity index (χ2v) is 8.39. The van der Waals surface area contributed by atoms with Gasteiger partial charge in [-0.3, -0.25) is 15.4 Å². The molecule has 0 atom stereocenters. The third-order valence-electron chi connectivity index (χ3n) is 5.58. The van der Waals surface area contributed by atoms with Gasteiger partial charge in [0.25, 0.3) is 5.69 Å². The van der Waals surface area contributed by atoms with Gasteiger partial charge in [-0.1, -0.05) is 0 Å². The average molecular weight is 579 g/mol.